The van der Waals surface area contributed by atoms with E-state index in [1.54, 1.807) is 6.07 Å². The molecule has 1 N–H and O–H groups in total. The van der Waals surface area contributed by atoms with Crippen LogP contribution >= 0.6 is 0 Å². The van der Waals surface area contributed by atoms with Gasteiger partial charge in [0.05, 0.1) is 7.11 Å². The number of carbonyl (C=O) groups excluding carboxylic acids is 2. The van der Waals surface area contributed by atoms with Crippen LogP contribution in [0.15, 0.2) is 18.2 Å². The van der Waals surface area contributed by atoms with Crippen molar-refractivity contribution in [1.82, 2.24) is 5.32 Å². The molecule has 1 aliphatic carbocycles. The number of ether oxygens (including phenoxy) is 1. The van der Waals surface area contributed by atoms with Crippen LogP contribution < -0.4 is 10.2 Å². The van der Waals surface area contributed by atoms with E-state index in [0.717, 1.165) is 12.5 Å². The third-order valence-corrected chi connectivity index (χ3v) is 4.87. The van der Waals surface area contributed by atoms with Crippen LogP contribution in [-0.2, 0) is 14.3 Å². The van der Waals surface area contributed by atoms with Crippen LogP contribution in [0.25, 0.3) is 0 Å². The number of methoxy groups -OCH3 is 1. The number of halogens is 2. The van der Waals surface area contributed by atoms with Crippen molar-refractivity contribution in [1.29, 1.82) is 0 Å². The largest absolute Gasteiger partial charge is 0.468 e. The van der Waals surface area contributed by atoms with Gasteiger partial charge in [0.15, 0.2) is 11.6 Å². The lowest BCUT2D eigenvalue weighted by atomic mass is 10.1. The van der Waals surface area contributed by atoms with Gasteiger partial charge in [-0.15, -0.1) is 0 Å². The number of nitrogens with zero attached hydrogens (tertiary/aromatic N) is 1. The van der Waals surface area contributed by atoms with Gasteiger partial charge in [0.2, 0.25) is 5.91 Å². The van der Waals surface area contributed by atoms with Crippen LogP contribution in [0.1, 0.15) is 19.3 Å². The number of anilines is 1. The molecule has 1 unspecified atom stereocenters. The maximum absolute atomic E-state index is 13.3. The molecular weight excluding hydrogens is 318 g/mol. The summed E-state index contributed by atoms with van der Waals surface area (Å²) in [5.41, 5.74) is -0.358. The fourth-order valence-electron chi connectivity index (χ4n) is 3.17. The Balaban J connectivity index is 1.52. The molecule has 0 aromatic heterocycles. The zero-order chi connectivity index (χ0) is 17.3. The molecule has 0 spiro atoms. The Hall–Kier alpha value is -2.18. The fourth-order valence-corrected chi connectivity index (χ4v) is 3.17. The number of nitrogens with one attached hydrogen (secondary N) is 1. The molecule has 1 saturated heterocycles. The van der Waals surface area contributed by atoms with E-state index in [0.29, 0.717) is 38.2 Å². The first-order chi connectivity index (χ1) is 11.5. The number of carbonyl (C=O) groups is 2. The van der Waals surface area contributed by atoms with Gasteiger partial charge < -0.3 is 15.0 Å². The van der Waals surface area contributed by atoms with Crippen LogP contribution in [-0.4, -0.2) is 38.6 Å². The first kappa shape index (κ1) is 16.7. The van der Waals surface area contributed by atoms with Crippen LogP contribution in [0, 0.1) is 23.0 Å². The first-order valence-electron chi connectivity index (χ1n) is 8.03. The van der Waals surface area contributed by atoms with Gasteiger partial charge in [0, 0.05) is 31.4 Å². The number of amides is 1. The Morgan fingerprint density at radius 2 is 2.08 bits per heavy atom. The average Bonchev–Trinajstić information content (AvgIpc) is 3.26. The van der Waals surface area contributed by atoms with Crippen molar-refractivity contribution in [3.05, 3.63) is 29.8 Å². The SMILES string of the molecule is COC(=O)C1(C(=O)NCC2CCN(c3ccc(F)c(F)c3)C2)CC1. The minimum atomic E-state index is -0.993. The van der Waals surface area contributed by atoms with E-state index in [4.69, 9.17) is 4.74 Å². The van der Waals surface area contributed by atoms with Crippen molar-refractivity contribution in [2.75, 3.05) is 31.6 Å². The molecule has 3 rings (SSSR count). The van der Waals surface area contributed by atoms with Gasteiger partial charge in [-0.25, -0.2) is 8.78 Å². The topological polar surface area (TPSA) is 58.6 Å². The summed E-state index contributed by atoms with van der Waals surface area (Å²) < 4.78 is 31.0. The molecule has 7 heteroatoms. The lowest BCUT2D eigenvalue weighted by Gasteiger charge is -2.19. The summed E-state index contributed by atoms with van der Waals surface area (Å²) in [4.78, 5) is 25.8. The molecule has 1 aliphatic heterocycles. The van der Waals surface area contributed by atoms with Crippen LogP contribution in [0.2, 0.25) is 0 Å². The molecule has 0 radical (unpaired) electrons. The average molecular weight is 338 g/mol. The van der Waals surface area contributed by atoms with E-state index in [2.05, 4.69) is 5.32 Å². The molecule has 2 aliphatic rings. The molecule has 0 bridgehead atoms. The number of benzene rings is 1. The first-order valence-corrected chi connectivity index (χ1v) is 8.03. The lowest BCUT2D eigenvalue weighted by Crippen LogP contribution is -2.40. The Bertz CT molecular complexity index is 661. The number of hydrogen-bond donors (Lipinski definition) is 1. The monoisotopic (exact) mass is 338 g/mol. The Morgan fingerprint density at radius 3 is 2.71 bits per heavy atom. The van der Waals surface area contributed by atoms with Crippen molar-refractivity contribution in [3.8, 4) is 0 Å². The fraction of sp³-hybridized carbons (Fsp3) is 0.529. The van der Waals surface area contributed by atoms with Gasteiger partial charge in [0.25, 0.3) is 0 Å². The maximum Gasteiger partial charge on any atom is 0.321 e. The highest BCUT2D eigenvalue weighted by atomic mass is 19.2. The predicted molar refractivity (Wildman–Crippen MR) is 83.4 cm³/mol. The van der Waals surface area contributed by atoms with Gasteiger partial charge in [-0.1, -0.05) is 0 Å². The summed E-state index contributed by atoms with van der Waals surface area (Å²) in [6.07, 6.45) is 1.89. The van der Waals surface area contributed by atoms with Crippen molar-refractivity contribution in [2.45, 2.75) is 19.3 Å². The quantitative estimate of drug-likeness (QED) is 0.658. The zero-order valence-corrected chi connectivity index (χ0v) is 13.5. The maximum atomic E-state index is 13.3. The molecule has 1 heterocycles. The Morgan fingerprint density at radius 1 is 1.33 bits per heavy atom. The standard InChI is InChI=1S/C17H20F2N2O3/c1-24-16(23)17(5-6-17)15(22)20-9-11-4-7-21(10-11)12-2-3-13(18)14(19)8-12/h2-3,8,11H,4-7,9-10H2,1H3,(H,20,22). The summed E-state index contributed by atoms with van der Waals surface area (Å²) in [7, 11) is 1.28. The van der Waals surface area contributed by atoms with E-state index in [9.17, 15) is 18.4 Å². The highest BCUT2D eigenvalue weighted by Crippen LogP contribution is 2.46. The highest BCUT2D eigenvalue weighted by molar-refractivity contribution is 6.05. The molecule has 5 nitrogen and oxygen atoms in total. The van der Waals surface area contributed by atoms with Gasteiger partial charge in [-0.3, -0.25) is 9.59 Å². The smallest absolute Gasteiger partial charge is 0.321 e. The molecular formula is C17H20F2N2O3. The molecule has 1 aromatic rings. The molecule has 130 valence electrons. The third kappa shape index (κ3) is 3.07. The van der Waals surface area contributed by atoms with Crippen molar-refractivity contribution < 1.29 is 23.1 Å². The molecule has 1 amide bonds. The summed E-state index contributed by atoms with van der Waals surface area (Å²) in [6, 6.07) is 3.86. The van der Waals surface area contributed by atoms with E-state index >= 15 is 0 Å². The second kappa shape index (κ2) is 6.37. The van der Waals surface area contributed by atoms with Crippen molar-refractivity contribution in [2.24, 2.45) is 11.3 Å². The number of hydrogen-bond acceptors (Lipinski definition) is 4. The zero-order valence-electron chi connectivity index (χ0n) is 13.5. The predicted octanol–water partition coefficient (Wildman–Crippen LogP) is 1.86. The van der Waals surface area contributed by atoms with Gasteiger partial charge >= 0.3 is 5.97 Å². The second-order valence-corrected chi connectivity index (χ2v) is 6.48. The van der Waals surface area contributed by atoms with E-state index in [1.165, 1.54) is 13.2 Å². The summed E-state index contributed by atoms with van der Waals surface area (Å²) in [5.74, 6) is -2.27. The number of esters is 1. The van der Waals surface area contributed by atoms with E-state index in [-0.39, 0.29) is 11.8 Å². The van der Waals surface area contributed by atoms with Gasteiger partial charge in [0.1, 0.15) is 5.41 Å². The molecule has 2 fully saturated rings. The number of rotatable bonds is 5. The highest BCUT2D eigenvalue weighted by Gasteiger charge is 2.57. The van der Waals surface area contributed by atoms with E-state index in [1.807, 2.05) is 4.90 Å². The van der Waals surface area contributed by atoms with Crippen molar-refractivity contribution in [3.63, 3.8) is 0 Å². The molecule has 1 aromatic carbocycles. The summed E-state index contributed by atoms with van der Waals surface area (Å²) in [5, 5.41) is 2.83. The van der Waals surface area contributed by atoms with Gasteiger partial charge in [-0.05, 0) is 37.3 Å². The van der Waals surface area contributed by atoms with Crippen LogP contribution in [0.3, 0.4) is 0 Å². The lowest BCUT2D eigenvalue weighted by molar-refractivity contribution is -0.152. The third-order valence-electron chi connectivity index (χ3n) is 4.87. The second-order valence-electron chi connectivity index (χ2n) is 6.48. The normalized spacial score (nSPS) is 21.5. The van der Waals surface area contributed by atoms with Crippen LogP contribution in [0.5, 0.6) is 0 Å². The Labute approximate surface area is 139 Å². The van der Waals surface area contributed by atoms with E-state index < -0.39 is 23.0 Å². The van der Waals surface area contributed by atoms with Crippen molar-refractivity contribution >= 4 is 17.6 Å². The Kier molecular flexibility index (Phi) is 4.43. The minimum Gasteiger partial charge on any atom is -0.468 e. The summed E-state index contributed by atoms with van der Waals surface area (Å²) >= 11 is 0. The van der Waals surface area contributed by atoms with Crippen LogP contribution in [0.4, 0.5) is 14.5 Å². The molecule has 24 heavy (non-hydrogen) atoms. The molecule has 1 atom stereocenters. The van der Waals surface area contributed by atoms with Gasteiger partial charge in [-0.2, -0.15) is 0 Å². The summed E-state index contributed by atoms with van der Waals surface area (Å²) in [6.45, 7) is 1.82. The minimum absolute atomic E-state index is 0.204. The molecule has 1 saturated carbocycles.